The van der Waals surface area contributed by atoms with Crippen molar-refractivity contribution in [1.82, 2.24) is 9.55 Å². The Morgan fingerprint density at radius 1 is 1.00 bits per heavy atom. The number of benzene rings is 2. The van der Waals surface area contributed by atoms with Crippen LogP contribution in [0.1, 0.15) is 30.5 Å². The third-order valence-corrected chi connectivity index (χ3v) is 5.86. The Labute approximate surface area is 194 Å². The summed E-state index contributed by atoms with van der Waals surface area (Å²) in [5.41, 5.74) is 3.08. The van der Waals surface area contributed by atoms with Crippen molar-refractivity contribution in [1.29, 1.82) is 0 Å². The molecule has 2 atom stereocenters. The van der Waals surface area contributed by atoms with Gasteiger partial charge in [0.1, 0.15) is 36.9 Å². The normalized spacial score (nSPS) is 13.6. The van der Waals surface area contributed by atoms with Gasteiger partial charge in [0.15, 0.2) is 0 Å². The molecule has 2 N–H and O–H groups in total. The van der Waals surface area contributed by atoms with Crippen LogP contribution in [0.15, 0.2) is 61.2 Å². The number of aryl methyl sites for hydroxylation is 1. The van der Waals surface area contributed by atoms with Gasteiger partial charge in [-0.25, -0.2) is 4.98 Å². The van der Waals surface area contributed by atoms with Crippen LogP contribution < -0.4 is 9.47 Å². The molecule has 3 aromatic rings. The van der Waals surface area contributed by atoms with Crippen LogP contribution in [0.25, 0.3) is 0 Å². The highest BCUT2D eigenvalue weighted by molar-refractivity contribution is 6.18. The molecule has 32 heavy (non-hydrogen) atoms. The van der Waals surface area contributed by atoms with E-state index in [9.17, 15) is 10.2 Å². The van der Waals surface area contributed by atoms with Gasteiger partial charge in [-0.2, -0.15) is 0 Å². The molecule has 1 heterocycles. The summed E-state index contributed by atoms with van der Waals surface area (Å²) in [4.78, 5) is 3.97. The van der Waals surface area contributed by atoms with Gasteiger partial charge in [-0.3, -0.25) is 0 Å². The van der Waals surface area contributed by atoms with E-state index in [0.29, 0.717) is 12.3 Å². The molecule has 2 aromatic carbocycles. The second-order valence-electron chi connectivity index (χ2n) is 8.47. The summed E-state index contributed by atoms with van der Waals surface area (Å²) in [5.74, 6) is 1.60. The molecule has 3 rings (SSSR count). The lowest BCUT2D eigenvalue weighted by molar-refractivity contribution is 0.0924. The molecule has 0 amide bonds. The minimum atomic E-state index is -0.681. The van der Waals surface area contributed by atoms with Crippen LogP contribution in [-0.2, 0) is 12.0 Å². The molecule has 0 aliphatic carbocycles. The van der Waals surface area contributed by atoms with E-state index in [1.54, 1.807) is 12.5 Å². The van der Waals surface area contributed by atoms with Crippen molar-refractivity contribution in [3.8, 4) is 11.5 Å². The third kappa shape index (κ3) is 6.25. The van der Waals surface area contributed by atoms with Gasteiger partial charge in [0.05, 0.1) is 18.8 Å². The van der Waals surface area contributed by atoms with Crippen molar-refractivity contribution in [3.05, 3.63) is 77.9 Å². The minimum Gasteiger partial charge on any atom is -0.491 e. The molecular weight excluding hydrogens is 428 g/mol. The Balaban J connectivity index is 1.62. The molecule has 0 saturated heterocycles. The van der Waals surface area contributed by atoms with Gasteiger partial charge in [-0.05, 0) is 41.8 Å². The lowest BCUT2D eigenvalue weighted by Gasteiger charge is -2.27. The molecule has 6 nitrogen and oxygen atoms in total. The number of nitrogens with zero attached hydrogens (tertiary/aromatic N) is 2. The maximum Gasteiger partial charge on any atom is 0.122 e. The molecule has 0 aliphatic heterocycles. The summed E-state index contributed by atoms with van der Waals surface area (Å²) in [6.07, 6.45) is 3.87. The van der Waals surface area contributed by atoms with E-state index in [4.69, 9.17) is 21.1 Å². The van der Waals surface area contributed by atoms with Crippen LogP contribution in [0.4, 0.5) is 0 Å². The van der Waals surface area contributed by atoms with Crippen molar-refractivity contribution >= 4 is 11.6 Å². The van der Waals surface area contributed by atoms with Crippen LogP contribution in [0.2, 0.25) is 0 Å². The minimum absolute atomic E-state index is 0.146. The first-order valence-electron chi connectivity index (χ1n) is 10.6. The molecule has 0 aliphatic rings. The Kier molecular flexibility index (Phi) is 8.18. The van der Waals surface area contributed by atoms with Crippen LogP contribution in [0, 0.1) is 6.92 Å². The van der Waals surface area contributed by atoms with Crippen LogP contribution in [-0.4, -0.2) is 51.1 Å². The first kappa shape index (κ1) is 24.1. The van der Waals surface area contributed by atoms with Gasteiger partial charge < -0.3 is 24.3 Å². The molecule has 0 spiro atoms. The molecule has 7 heteroatoms. The van der Waals surface area contributed by atoms with Crippen molar-refractivity contribution in [2.45, 2.75) is 44.9 Å². The summed E-state index contributed by atoms with van der Waals surface area (Å²) in [6.45, 7) is 7.16. The van der Waals surface area contributed by atoms with E-state index in [1.165, 1.54) is 0 Å². The maximum absolute atomic E-state index is 10.1. The number of hydrogen-bond donors (Lipinski definition) is 2. The largest absolute Gasteiger partial charge is 0.491 e. The van der Waals surface area contributed by atoms with Gasteiger partial charge in [0, 0.05) is 17.8 Å². The molecule has 1 aromatic heterocycles. The zero-order valence-corrected chi connectivity index (χ0v) is 19.5. The Bertz CT molecular complexity index is 974. The van der Waals surface area contributed by atoms with Crippen LogP contribution >= 0.6 is 11.6 Å². The van der Waals surface area contributed by atoms with Crippen LogP contribution in [0.5, 0.6) is 11.5 Å². The molecule has 172 valence electrons. The number of aromatic nitrogens is 2. The highest BCUT2D eigenvalue weighted by atomic mass is 35.5. The zero-order valence-electron chi connectivity index (χ0n) is 18.7. The number of imidazole rings is 1. The molecule has 0 bridgehead atoms. The van der Waals surface area contributed by atoms with Crippen molar-refractivity contribution in [2.75, 3.05) is 19.1 Å². The third-order valence-electron chi connectivity index (χ3n) is 5.51. The van der Waals surface area contributed by atoms with E-state index in [1.807, 2.05) is 54.1 Å². The monoisotopic (exact) mass is 458 g/mol. The van der Waals surface area contributed by atoms with E-state index in [-0.39, 0.29) is 24.5 Å². The Hall–Kier alpha value is -2.54. The van der Waals surface area contributed by atoms with Gasteiger partial charge in [-0.15, -0.1) is 11.6 Å². The number of aliphatic hydroxyl groups excluding tert-OH is 2. The predicted octanol–water partition coefficient (Wildman–Crippen LogP) is 3.94. The number of aliphatic hydroxyl groups is 2. The van der Waals surface area contributed by atoms with E-state index >= 15 is 0 Å². The lowest BCUT2D eigenvalue weighted by Crippen LogP contribution is -2.23. The number of ether oxygens (including phenoxy) is 2. The fourth-order valence-electron chi connectivity index (χ4n) is 3.45. The SMILES string of the molecule is Cc1cc(C(C)(C)c2ccc(OC[C@@H](O)Cn3ccnc3)cc2)ccc1OC[C@@H](O)CCl. The summed E-state index contributed by atoms with van der Waals surface area (Å²) < 4.78 is 13.2. The summed E-state index contributed by atoms with van der Waals surface area (Å²) in [7, 11) is 0. The average molecular weight is 459 g/mol. The molecule has 0 fully saturated rings. The standard InChI is InChI=1S/C25H31ClN2O4/c1-18-12-20(6-9-24(18)32-15-21(29)13-26)25(2,3)19-4-7-23(8-5-19)31-16-22(30)14-28-11-10-27-17-28/h4-12,17,21-22,29-30H,13-16H2,1-3H3/t21-,22-/m0/s1. The first-order valence-corrected chi connectivity index (χ1v) is 11.2. The fraction of sp³-hybridized carbons (Fsp3) is 0.400. The highest BCUT2D eigenvalue weighted by Gasteiger charge is 2.24. The Morgan fingerprint density at radius 2 is 1.69 bits per heavy atom. The number of rotatable bonds is 11. The number of hydrogen-bond acceptors (Lipinski definition) is 5. The molecular formula is C25H31ClN2O4. The fourth-order valence-corrected chi connectivity index (χ4v) is 3.54. The highest BCUT2D eigenvalue weighted by Crippen LogP contribution is 2.34. The second kappa shape index (κ2) is 10.9. The van der Waals surface area contributed by atoms with Crippen molar-refractivity contribution < 1.29 is 19.7 Å². The van der Waals surface area contributed by atoms with Gasteiger partial charge in [0.25, 0.3) is 0 Å². The zero-order chi connectivity index (χ0) is 23.1. The maximum atomic E-state index is 10.1. The van der Waals surface area contributed by atoms with Gasteiger partial charge in [0.2, 0.25) is 0 Å². The van der Waals surface area contributed by atoms with E-state index < -0.39 is 12.2 Å². The first-order chi connectivity index (χ1) is 15.3. The average Bonchev–Trinajstić information content (AvgIpc) is 3.29. The summed E-state index contributed by atoms with van der Waals surface area (Å²) in [5, 5.41) is 19.7. The summed E-state index contributed by atoms with van der Waals surface area (Å²) in [6, 6.07) is 14.1. The quantitative estimate of drug-likeness (QED) is 0.426. The lowest BCUT2D eigenvalue weighted by atomic mass is 9.77. The van der Waals surface area contributed by atoms with Crippen molar-refractivity contribution in [2.24, 2.45) is 0 Å². The van der Waals surface area contributed by atoms with Gasteiger partial charge in [-0.1, -0.05) is 38.1 Å². The number of halogens is 1. The predicted molar refractivity (Wildman–Crippen MR) is 126 cm³/mol. The van der Waals surface area contributed by atoms with Gasteiger partial charge >= 0.3 is 0 Å². The smallest absolute Gasteiger partial charge is 0.122 e. The molecule has 0 unspecified atom stereocenters. The van der Waals surface area contributed by atoms with Crippen molar-refractivity contribution in [3.63, 3.8) is 0 Å². The van der Waals surface area contributed by atoms with E-state index in [2.05, 4.69) is 24.9 Å². The van der Waals surface area contributed by atoms with Crippen LogP contribution in [0.3, 0.4) is 0 Å². The molecule has 0 saturated carbocycles. The summed E-state index contributed by atoms with van der Waals surface area (Å²) >= 11 is 5.63. The molecule has 0 radical (unpaired) electrons. The second-order valence-corrected chi connectivity index (χ2v) is 8.78. The van der Waals surface area contributed by atoms with E-state index in [0.717, 1.165) is 22.4 Å². The number of alkyl halides is 1. The topological polar surface area (TPSA) is 76.7 Å². The Morgan fingerprint density at radius 3 is 2.31 bits per heavy atom.